The molecular weight excluding hydrogens is 464 g/mol. The van der Waals surface area contributed by atoms with Gasteiger partial charge in [-0.15, -0.1) is 0 Å². The maximum absolute atomic E-state index is 12.0. The third-order valence-corrected chi connectivity index (χ3v) is 4.86. The Kier molecular flexibility index (Phi) is 8.99. The van der Waals surface area contributed by atoms with E-state index < -0.39 is 23.9 Å². The van der Waals surface area contributed by atoms with Crippen molar-refractivity contribution < 1.29 is 28.7 Å². The van der Waals surface area contributed by atoms with E-state index >= 15 is 0 Å². The molecule has 0 saturated heterocycles. The summed E-state index contributed by atoms with van der Waals surface area (Å²) >= 11 is 0. The summed E-state index contributed by atoms with van der Waals surface area (Å²) in [7, 11) is 0. The van der Waals surface area contributed by atoms with Crippen molar-refractivity contribution in [3.63, 3.8) is 0 Å². The Labute approximate surface area is 208 Å². The number of anilines is 2. The average molecular weight is 491 g/mol. The Balaban J connectivity index is 1.37. The van der Waals surface area contributed by atoms with Crippen LogP contribution in [0.1, 0.15) is 11.1 Å². The molecule has 3 aromatic rings. The zero-order chi connectivity index (χ0) is 25.9. The number of para-hydroxylation sites is 2. The third kappa shape index (κ3) is 8.17. The van der Waals surface area contributed by atoms with Crippen molar-refractivity contribution in [3.8, 4) is 11.5 Å². The first-order valence-electron chi connectivity index (χ1n) is 11.0. The number of ether oxygens (including phenoxy) is 2. The number of urea groups is 2. The number of aryl methyl sites for hydroxylation is 2. The van der Waals surface area contributed by atoms with Crippen LogP contribution in [0.15, 0.2) is 72.8 Å². The molecule has 10 heteroatoms. The van der Waals surface area contributed by atoms with Gasteiger partial charge >= 0.3 is 12.1 Å². The van der Waals surface area contributed by atoms with Crippen molar-refractivity contribution in [1.29, 1.82) is 0 Å². The molecule has 0 bridgehead atoms. The number of benzene rings is 3. The number of hydrogen-bond acceptors (Lipinski definition) is 6. The van der Waals surface area contributed by atoms with Gasteiger partial charge in [-0.3, -0.25) is 20.2 Å². The van der Waals surface area contributed by atoms with E-state index in [0.717, 1.165) is 11.1 Å². The second-order valence-electron chi connectivity index (χ2n) is 7.68. The van der Waals surface area contributed by atoms with Gasteiger partial charge in [-0.2, -0.15) is 0 Å². The highest BCUT2D eigenvalue weighted by Crippen LogP contribution is 2.18. The van der Waals surface area contributed by atoms with Gasteiger partial charge in [-0.05, 0) is 61.4 Å². The minimum Gasteiger partial charge on any atom is -0.484 e. The van der Waals surface area contributed by atoms with Gasteiger partial charge in [0.25, 0.3) is 11.8 Å². The molecule has 0 radical (unpaired) electrons. The van der Waals surface area contributed by atoms with Crippen LogP contribution in [0.3, 0.4) is 0 Å². The Hall–Kier alpha value is -4.86. The largest absolute Gasteiger partial charge is 0.484 e. The van der Waals surface area contributed by atoms with Gasteiger partial charge in [-0.25, -0.2) is 9.59 Å². The summed E-state index contributed by atoms with van der Waals surface area (Å²) in [6.07, 6.45) is 0. The Bertz CT molecular complexity index is 1150. The molecule has 10 nitrogen and oxygen atoms in total. The topological polar surface area (TPSA) is 135 Å². The van der Waals surface area contributed by atoms with E-state index in [-0.39, 0.29) is 13.2 Å². The molecule has 36 heavy (non-hydrogen) atoms. The lowest BCUT2D eigenvalue weighted by atomic mass is 10.2. The number of carbonyl (C=O) groups excluding carboxylic acids is 4. The van der Waals surface area contributed by atoms with Crippen molar-refractivity contribution in [1.82, 2.24) is 10.6 Å². The lowest BCUT2D eigenvalue weighted by molar-refractivity contribution is -0.122. The van der Waals surface area contributed by atoms with E-state index in [4.69, 9.17) is 9.47 Å². The van der Waals surface area contributed by atoms with Gasteiger partial charge in [0, 0.05) is 11.4 Å². The number of nitrogens with one attached hydrogen (secondary N) is 4. The fourth-order valence-electron chi connectivity index (χ4n) is 2.99. The normalized spacial score (nSPS) is 10.1. The van der Waals surface area contributed by atoms with E-state index in [9.17, 15) is 19.2 Å². The number of hydrogen-bond donors (Lipinski definition) is 4. The molecule has 0 fully saturated rings. The zero-order valence-corrected chi connectivity index (χ0v) is 19.8. The summed E-state index contributed by atoms with van der Waals surface area (Å²) < 4.78 is 10.7. The van der Waals surface area contributed by atoms with Gasteiger partial charge in [-0.1, -0.05) is 36.4 Å². The summed E-state index contributed by atoms with van der Waals surface area (Å²) in [4.78, 5) is 47.9. The summed E-state index contributed by atoms with van der Waals surface area (Å²) in [6.45, 7) is 2.92. The van der Waals surface area contributed by atoms with E-state index in [2.05, 4.69) is 21.3 Å². The van der Waals surface area contributed by atoms with Crippen molar-refractivity contribution in [2.45, 2.75) is 13.8 Å². The van der Waals surface area contributed by atoms with Crippen LogP contribution in [-0.4, -0.2) is 37.1 Å². The number of amides is 6. The predicted molar refractivity (Wildman–Crippen MR) is 134 cm³/mol. The lowest BCUT2D eigenvalue weighted by Crippen LogP contribution is -2.37. The zero-order valence-electron chi connectivity index (χ0n) is 19.8. The maximum Gasteiger partial charge on any atom is 0.325 e. The summed E-state index contributed by atoms with van der Waals surface area (Å²) in [5, 5.41) is 9.57. The highest BCUT2D eigenvalue weighted by molar-refractivity contribution is 6.02. The van der Waals surface area contributed by atoms with E-state index in [1.807, 2.05) is 38.1 Å². The van der Waals surface area contributed by atoms with Crippen LogP contribution >= 0.6 is 0 Å². The van der Waals surface area contributed by atoms with E-state index in [1.54, 1.807) is 48.5 Å². The standard InChI is InChI=1S/C26H26N4O6/c1-17-7-3-5-9-21(17)27-25(33)29-23(31)15-35-19-11-13-20(14-12-19)36-16-24(32)30-26(34)28-22-10-6-4-8-18(22)2/h3-14H,15-16H2,1-2H3,(H2,27,29,31,33)(H2,28,30,32,34). The van der Waals surface area contributed by atoms with Crippen LogP contribution in [-0.2, 0) is 9.59 Å². The van der Waals surface area contributed by atoms with E-state index in [1.165, 1.54) is 0 Å². The van der Waals surface area contributed by atoms with Crippen LogP contribution in [0.4, 0.5) is 21.0 Å². The molecule has 0 heterocycles. The number of rotatable bonds is 8. The minimum absolute atomic E-state index is 0.360. The molecule has 0 aliphatic carbocycles. The molecule has 3 aromatic carbocycles. The number of imide groups is 2. The molecule has 0 aromatic heterocycles. The van der Waals surface area contributed by atoms with Crippen LogP contribution < -0.4 is 30.7 Å². The molecule has 0 saturated carbocycles. The SMILES string of the molecule is Cc1ccccc1NC(=O)NC(=O)COc1ccc(OCC(=O)NC(=O)Nc2ccccc2C)cc1. The van der Waals surface area contributed by atoms with Crippen LogP contribution in [0.25, 0.3) is 0 Å². The Morgan fingerprint density at radius 1 is 0.583 bits per heavy atom. The first kappa shape index (κ1) is 25.8. The van der Waals surface area contributed by atoms with Gasteiger partial charge in [0.15, 0.2) is 13.2 Å². The summed E-state index contributed by atoms with van der Waals surface area (Å²) in [6, 6.07) is 19.2. The van der Waals surface area contributed by atoms with Gasteiger partial charge < -0.3 is 20.1 Å². The van der Waals surface area contributed by atoms with Gasteiger partial charge in [0.2, 0.25) is 0 Å². The maximum atomic E-state index is 12.0. The van der Waals surface area contributed by atoms with Gasteiger partial charge in [0.05, 0.1) is 0 Å². The number of carbonyl (C=O) groups is 4. The fourth-order valence-corrected chi connectivity index (χ4v) is 2.99. The Morgan fingerprint density at radius 2 is 0.944 bits per heavy atom. The van der Waals surface area contributed by atoms with Crippen molar-refractivity contribution in [3.05, 3.63) is 83.9 Å². The minimum atomic E-state index is -0.660. The molecule has 0 unspecified atom stereocenters. The molecule has 0 atom stereocenters. The first-order valence-corrected chi connectivity index (χ1v) is 11.0. The van der Waals surface area contributed by atoms with Crippen molar-refractivity contribution >= 4 is 35.3 Å². The second kappa shape index (κ2) is 12.6. The molecular formula is C26H26N4O6. The summed E-state index contributed by atoms with van der Waals surface area (Å²) in [5.74, 6) is -0.526. The smallest absolute Gasteiger partial charge is 0.325 e. The molecule has 0 aliphatic rings. The first-order chi connectivity index (χ1) is 17.3. The second-order valence-corrected chi connectivity index (χ2v) is 7.68. The molecule has 186 valence electrons. The summed E-state index contributed by atoms with van der Waals surface area (Å²) in [5.41, 5.74) is 2.92. The third-order valence-electron chi connectivity index (χ3n) is 4.86. The molecule has 6 amide bonds. The molecule has 4 N–H and O–H groups in total. The lowest BCUT2D eigenvalue weighted by Gasteiger charge is -2.11. The van der Waals surface area contributed by atoms with Crippen LogP contribution in [0.2, 0.25) is 0 Å². The fraction of sp³-hybridized carbons (Fsp3) is 0.154. The van der Waals surface area contributed by atoms with Crippen LogP contribution in [0.5, 0.6) is 11.5 Å². The van der Waals surface area contributed by atoms with Crippen molar-refractivity contribution in [2.75, 3.05) is 23.8 Å². The van der Waals surface area contributed by atoms with Crippen LogP contribution in [0, 0.1) is 13.8 Å². The van der Waals surface area contributed by atoms with E-state index in [0.29, 0.717) is 22.9 Å². The average Bonchev–Trinajstić information content (AvgIpc) is 2.85. The molecule has 0 aliphatic heterocycles. The van der Waals surface area contributed by atoms with Gasteiger partial charge in [0.1, 0.15) is 11.5 Å². The quantitative estimate of drug-likeness (QED) is 0.380. The monoisotopic (exact) mass is 490 g/mol. The predicted octanol–water partition coefficient (Wildman–Crippen LogP) is 3.76. The Morgan fingerprint density at radius 3 is 1.31 bits per heavy atom. The molecule has 3 rings (SSSR count). The molecule has 0 spiro atoms. The highest BCUT2D eigenvalue weighted by Gasteiger charge is 2.11. The van der Waals surface area contributed by atoms with Crippen molar-refractivity contribution in [2.24, 2.45) is 0 Å². The highest BCUT2D eigenvalue weighted by atomic mass is 16.5.